The zero-order valence-corrected chi connectivity index (χ0v) is 19.2. The fourth-order valence-corrected chi connectivity index (χ4v) is 3.88. The van der Waals surface area contributed by atoms with E-state index < -0.39 is 11.9 Å². The van der Waals surface area contributed by atoms with Crippen LogP contribution in [-0.4, -0.2) is 69.8 Å². The number of carbonyl (C=O) groups excluding carboxylic acids is 1. The van der Waals surface area contributed by atoms with E-state index in [4.69, 9.17) is 5.73 Å². The second-order valence-electron chi connectivity index (χ2n) is 8.44. The molecule has 0 atom stereocenters. The van der Waals surface area contributed by atoms with Crippen LogP contribution in [0, 0.1) is 24.1 Å². The van der Waals surface area contributed by atoms with E-state index in [1.165, 1.54) is 15.6 Å². The van der Waals surface area contributed by atoms with Gasteiger partial charge in [0, 0.05) is 24.8 Å². The van der Waals surface area contributed by atoms with Crippen molar-refractivity contribution in [1.82, 2.24) is 39.6 Å². The molecule has 4 aromatic rings. The van der Waals surface area contributed by atoms with Gasteiger partial charge in [0.2, 0.25) is 5.91 Å². The van der Waals surface area contributed by atoms with Crippen molar-refractivity contribution in [3.63, 3.8) is 0 Å². The highest BCUT2D eigenvalue weighted by atomic mass is 19.1. The average Bonchev–Trinajstić information content (AvgIpc) is 3.48. The minimum atomic E-state index is -0.821. The Balaban J connectivity index is 1.35. The van der Waals surface area contributed by atoms with Gasteiger partial charge in [-0.15, -0.1) is 5.10 Å². The van der Waals surface area contributed by atoms with E-state index in [0.29, 0.717) is 35.5 Å². The van der Waals surface area contributed by atoms with Crippen LogP contribution in [-0.2, 0) is 17.9 Å². The summed E-state index contributed by atoms with van der Waals surface area (Å²) < 4.78 is 17.8. The lowest BCUT2D eigenvalue weighted by molar-refractivity contribution is -0.142. The molecule has 1 saturated heterocycles. The SMILES string of the molecule is Cc1c(C#N)cccc1-c1nc(N)c(F)c(-c2cn(Cc3ccn(CC(=O)N4CC(O)C4)n3)nn2)n1. The van der Waals surface area contributed by atoms with Crippen LogP contribution in [0.15, 0.2) is 36.7 Å². The van der Waals surface area contributed by atoms with Crippen LogP contribution in [0.2, 0.25) is 0 Å². The highest BCUT2D eigenvalue weighted by Gasteiger charge is 2.28. The van der Waals surface area contributed by atoms with Crippen LogP contribution in [0.5, 0.6) is 0 Å². The molecule has 0 bridgehead atoms. The number of amides is 1. The summed E-state index contributed by atoms with van der Waals surface area (Å²) in [7, 11) is 0. The number of hydrogen-bond acceptors (Lipinski definition) is 9. The van der Waals surface area contributed by atoms with Crippen molar-refractivity contribution in [1.29, 1.82) is 5.26 Å². The predicted molar refractivity (Wildman–Crippen MR) is 124 cm³/mol. The summed E-state index contributed by atoms with van der Waals surface area (Å²) in [4.78, 5) is 22.1. The minimum Gasteiger partial charge on any atom is -0.389 e. The lowest BCUT2D eigenvalue weighted by atomic mass is 10.0. The molecule has 182 valence electrons. The molecule has 0 saturated carbocycles. The number of aliphatic hydroxyl groups is 1. The Kier molecular flexibility index (Phi) is 5.87. The van der Waals surface area contributed by atoms with Crippen molar-refractivity contribution in [2.75, 3.05) is 18.8 Å². The van der Waals surface area contributed by atoms with Crippen molar-refractivity contribution in [3.8, 4) is 28.8 Å². The third kappa shape index (κ3) is 4.37. The Labute approximate surface area is 204 Å². The van der Waals surface area contributed by atoms with Crippen LogP contribution in [0.25, 0.3) is 22.8 Å². The lowest BCUT2D eigenvalue weighted by Gasteiger charge is -2.35. The van der Waals surface area contributed by atoms with Crippen molar-refractivity contribution in [2.45, 2.75) is 26.1 Å². The van der Waals surface area contributed by atoms with Crippen molar-refractivity contribution in [2.24, 2.45) is 0 Å². The maximum absolute atomic E-state index is 14.9. The van der Waals surface area contributed by atoms with E-state index >= 15 is 0 Å². The third-order valence-corrected chi connectivity index (χ3v) is 5.89. The number of hydrogen-bond donors (Lipinski definition) is 2. The molecule has 0 aliphatic carbocycles. The molecule has 1 amide bonds. The van der Waals surface area contributed by atoms with Gasteiger partial charge in [-0.3, -0.25) is 9.48 Å². The van der Waals surface area contributed by atoms with Crippen LogP contribution < -0.4 is 5.73 Å². The number of carbonyl (C=O) groups is 1. The Hall–Kier alpha value is -4.70. The molecule has 0 radical (unpaired) electrons. The molecule has 3 aromatic heterocycles. The lowest BCUT2D eigenvalue weighted by Crippen LogP contribution is -2.54. The number of β-amino-alcohol motifs (C(OH)–C–C–N with tert-alkyl or cyclic N) is 1. The molecule has 3 N–H and O–H groups in total. The molecule has 1 aromatic carbocycles. The second-order valence-corrected chi connectivity index (χ2v) is 8.44. The molecular formula is C23H21FN10O2. The minimum absolute atomic E-state index is 0.0654. The Morgan fingerprint density at radius 1 is 1.28 bits per heavy atom. The molecule has 13 heteroatoms. The summed E-state index contributed by atoms with van der Waals surface area (Å²) in [6, 6.07) is 8.94. The first-order chi connectivity index (χ1) is 17.3. The first kappa shape index (κ1) is 23.1. The number of halogens is 1. The number of anilines is 1. The average molecular weight is 488 g/mol. The predicted octanol–water partition coefficient (Wildman–Crippen LogP) is 0.751. The number of nitriles is 1. The molecule has 1 aliphatic heterocycles. The monoisotopic (exact) mass is 488 g/mol. The van der Waals surface area contributed by atoms with Gasteiger partial charge in [-0.2, -0.15) is 10.4 Å². The van der Waals surface area contributed by atoms with Gasteiger partial charge in [0.05, 0.1) is 36.2 Å². The van der Waals surface area contributed by atoms with Crippen LogP contribution >= 0.6 is 0 Å². The molecule has 1 aliphatic rings. The molecule has 0 spiro atoms. The maximum atomic E-state index is 14.9. The number of benzene rings is 1. The summed E-state index contributed by atoms with van der Waals surface area (Å²) in [6.07, 6.45) is 2.73. The summed E-state index contributed by atoms with van der Waals surface area (Å²) >= 11 is 0. The van der Waals surface area contributed by atoms with Crippen LogP contribution in [0.3, 0.4) is 0 Å². The van der Waals surface area contributed by atoms with Crippen LogP contribution in [0.1, 0.15) is 16.8 Å². The number of rotatable bonds is 6. The van der Waals surface area contributed by atoms with Crippen molar-refractivity contribution < 1.29 is 14.3 Å². The molecule has 12 nitrogen and oxygen atoms in total. The largest absolute Gasteiger partial charge is 0.389 e. The summed E-state index contributed by atoms with van der Waals surface area (Å²) in [6.45, 7) is 2.73. The number of likely N-dealkylation sites (tertiary alicyclic amines) is 1. The first-order valence-electron chi connectivity index (χ1n) is 11.0. The van der Waals surface area contributed by atoms with Gasteiger partial charge < -0.3 is 15.7 Å². The third-order valence-electron chi connectivity index (χ3n) is 5.89. The normalized spacial score (nSPS) is 13.4. The maximum Gasteiger partial charge on any atom is 0.244 e. The second kappa shape index (κ2) is 9.16. The van der Waals surface area contributed by atoms with E-state index in [2.05, 4.69) is 31.4 Å². The number of nitrogens with zero attached hydrogens (tertiary/aromatic N) is 9. The van der Waals surface area contributed by atoms with Crippen molar-refractivity contribution >= 4 is 11.7 Å². The Morgan fingerprint density at radius 3 is 2.83 bits per heavy atom. The number of aromatic nitrogens is 7. The quantitative estimate of drug-likeness (QED) is 0.398. The molecule has 4 heterocycles. The summed E-state index contributed by atoms with van der Waals surface area (Å²) in [5, 5.41) is 31.1. The van der Waals surface area contributed by atoms with Gasteiger partial charge in [0.15, 0.2) is 17.5 Å². The van der Waals surface area contributed by atoms with E-state index in [1.807, 2.05) is 0 Å². The molecule has 5 rings (SSSR count). The number of nitrogen functional groups attached to an aromatic ring is 1. The van der Waals surface area contributed by atoms with Gasteiger partial charge in [-0.25, -0.2) is 19.0 Å². The zero-order valence-electron chi connectivity index (χ0n) is 19.2. The van der Waals surface area contributed by atoms with Crippen molar-refractivity contribution in [3.05, 3.63) is 59.3 Å². The molecule has 0 unspecified atom stereocenters. The van der Waals surface area contributed by atoms with Gasteiger partial charge in [-0.05, 0) is 24.6 Å². The van der Waals surface area contributed by atoms with E-state index in [-0.39, 0.29) is 42.0 Å². The highest BCUT2D eigenvalue weighted by Crippen LogP contribution is 2.28. The van der Waals surface area contributed by atoms with E-state index in [1.54, 1.807) is 42.3 Å². The van der Waals surface area contributed by atoms with E-state index in [9.17, 15) is 19.6 Å². The zero-order chi connectivity index (χ0) is 25.4. The number of nitrogens with two attached hydrogens (primary N) is 1. The topological polar surface area (TPSA) is 165 Å². The first-order valence-corrected chi connectivity index (χ1v) is 11.0. The molecule has 1 fully saturated rings. The summed E-state index contributed by atoms with van der Waals surface area (Å²) in [5.74, 6) is -1.12. The van der Waals surface area contributed by atoms with Gasteiger partial charge in [0.1, 0.15) is 17.9 Å². The van der Waals surface area contributed by atoms with Gasteiger partial charge in [0.25, 0.3) is 0 Å². The standard InChI is InChI=1S/C23H21FN10O2/c1-13-14(7-25)3-2-4-17(13)23-27-21(20(24)22(26)28-23)18-11-34(31-29-18)8-15-5-6-33(30-15)12-19(36)32-9-16(35)10-32/h2-6,11,16,35H,8-10,12H2,1H3,(H2,26,27,28). The van der Waals surface area contributed by atoms with E-state index in [0.717, 1.165) is 0 Å². The summed E-state index contributed by atoms with van der Waals surface area (Å²) in [5.41, 5.74) is 8.16. The fraction of sp³-hybridized carbons (Fsp3) is 0.261. The van der Waals surface area contributed by atoms with Gasteiger partial charge >= 0.3 is 0 Å². The Morgan fingerprint density at radius 2 is 2.08 bits per heavy atom. The highest BCUT2D eigenvalue weighted by molar-refractivity contribution is 5.76. The number of aliphatic hydroxyl groups excluding tert-OH is 1. The molecular weight excluding hydrogens is 467 g/mol. The fourth-order valence-electron chi connectivity index (χ4n) is 3.88. The molecule has 36 heavy (non-hydrogen) atoms. The van der Waals surface area contributed by atoms with Crippen LogP contribution in [0.4, 0.5) is 10.2 Å². The van der Waals surface area contributed by atoms with Gasteiger partial charge in [-0.1, -0.05) is 17.3 Å². The Bertz CT molecular complexity index is 1500. The smallest absolute Gasteiger partial charge is 0.244 e.